The predicted octanol–water partition coefficient (Wildman–Crippen LogP) is 3.56. The number of amides is 1. The van der Waals surface area contributed by atoms with Crippen molar-refractivity contribution < 1.29 is 4.79 Å². The molecule has 1 aromatic carbocycles. The van der Waals surface area contributed by atoms with Crippen LogP contribution in [0.4, 0.5) is 0 Å². The maximum atomic E-state index is 12.4. The highest BCUT2D eigenvalue weighted by molar-refractivity contribution is 5.76. The summed E-state index contributed by atoms with van der Waals surface area (Å²) < 4.78 is 0. The first-order valence-corrected chi connectivity index (χ1v) is 10.9. The molecule has 0 bridgehead atoms. The van der Waals surface area contributed by atoms with Gasteiger partial charge >= 0.3 is 0 Å². The lowest BCUT2D eigenvalue weighted by atomic mass is 9.85. The highest BCUT2D eigenvalue weighted by Crippen LogP contribution is 2.22. The molecule has 0 saturated carbocycles. The van der Waals surface area contributed by atoms with E-state index in [0.717, 1.165) is 25.6 Å². The van der Waals surface area contributed by atoms with E-state index in [9.17, 15) is 4.79 Å². The molecule has 0 aliphatic carbocycles. The molecule has 4 nitrogen and oxygen atoms in total. The third kappa shape index (κ3) is 6.62. The lowest BCUT2D eigenvalue weighted by molar-refractivity contribution is -0.122. The first kappa shape index (κ1) is 20.3. The number of nitrogens with zero attached hydrogens (tertiary/aromatic N) is 1. The van der Waals surface area contributed by atoms with E-state index in [0.29, 0.717) is 24.8 Å². The Morgan fingerprint density at radius 1 is 1.26 bits per heavy atom. The lowest BCUT2D eigenvalue weighted by Gasteiger charge is -2.30. The summed E-state index contributed by atoms with van der Waals surface area (Å²) in [5, 5.41) is 6.59. The van der Waals surface area contributed by atoms with E-state index in [1.165, 1.54) is 49.9 Å². The normalized spacial score (nSPS) is 23.1. The molecule has 0 aromatic heterocycles. The van der Waals surface area contributed by atoms with Gasteiger partial charge in [-0.05, 0) is 80.7 Å². The summed E-state index contributed by atoms with van der Waals surface area (Å²) in [7, 11) is 0. The van der Waals surface area contributed by atoms with Crippen molar-refractivity contribution in [3.8, 4) is 0 Å². The second kappa shape index (κ2) is 10.2. The van der Waals surface area contributed by atoms with Crippen LogP contribution >= 0.6 is 0 Å². The van der Waals surface area contributed by atoms with Gasteiger partial charge in [0.1, 0.15) is 0 Å². The highest BCUT2D eigenvalue weighted by Gasteiger charge is 2.22. The fraction of sp³-hybridized carbons (Fsp3) is 0.696. The van der Waals surface area contributed by atoms with E-state index in [1.807, 2.05) is 0 Å². The first-order valence-electron chi connectivity index (χ1n) is 10.9. The molecule has 2 aliphatic heterocycles. The molecule has 2 aliphatic rings. The summed E-state index contributed by atoms with van der Waals surface area (Å²) >= 11 is 0. The van der Waals surface area contributed by atoms with E-state index in [-0.39, 0.29) is 5.91 Å². The van der Waals surface area contributed by atoms with Gasteiger partial charge in [0.15, 0.2) is 0 Å². The van der Waals surface area contributed by atoms with Gasteiger partial charge in [0.05, 0.1) is 0 Å². The average Bonchev–Trinajstić information content (AvgIpc) is 2.69. The van der Waals surface area contributed by atoms with Gasteiger partial charge in [-0.25, -0.2) is 0 Å². The van der Waals surface area contributed by atoms with Crippen LogP contribution in [0.3, 0.4) is 0 Å². The van der Waals surface area contributed by atoms with Crippen LogP contribution in [0.2, 0.25) is 0 Å². The second-order valence-electron chi connectivity index (χ2n) is 8.84. The van der Waals surface area contributed by atoms with Crippen LogP contribution in [-0.4, -0.2) is 37.0 Å². The molecule has 2 saturated heterocycles. The minimum atomic E-state index is 0.184. The largest absolute Gasteiger partial charge is 0.352 e. The number of carbonyl (C=O) groups is 1. The van der Waals surface area contributed by atoms with E-state index < -0.39 is 0 Å². The van der Waals surface area contributed by atoms with Crippen LogP contribution in [0.15, 0.2) is 24.3 Å². The lowest BCUT2D eigenvalue weighted by Crippen LogP contribution is -2.35. The monoisotopic (exact) mass is 371 g/mol. The SMILES string of the molecule is CC1CCN(Cc2cccc(CNC(=O)CC(C)C3CCCNC3)c2)CC1. The molecule has 150 valence electrons. The van der Waals surface area contributed by atoms with Crippen molar-refractivity contribution in [3.05, 3.63) is 35.4 Å². The molecule has 2 heterocycles. The minimum Gasteiger partial charge on any atom is -0.352 e. The fourth-order valence-electron chi connectivity index (χ4n) is 4.41. The van der Waals surface area contributed by atoms with Crippen LogP contribution in [0.1, 0.15) is 57.1 Å². The summed E-state index contributed by atoms with van der Waals surface area (Å²) in [5.41, 5.74) is 2.57. The maximum Gasteiger partial charge on any atom is 0.220 e. The van der Waals surface area contributed by atoms with Crippen LogP contribution in [-0.2, 0) is 17.9 Å². The van der Waals surface area contributed by atoms with Gasteiger partial charge in [-0.15, -0.1) is 0 Å². The Morgan fingerprint density at radius 3 is 2.78 bits per heavy atom. The fourth-order valence-corrected chi connectivity index (χ4v) is 4.41. The van der Waals surface area contributed by atoms with Gasteiger partial charge in [-0.3, -0.25) is 9.69 Å². The van der Waals surface area contributed by atoms with Crippen molar-refractivity contribution in [2.75, 3.05) is 26.2 Å². The van der Waals surface area contributed by atoms with Crippen molar-refractivity contribution in [1.29, 1.82) is 0 Å². The molecule has 3 rings (SSSR count). The van der Waals surface area contributed by atoms with Gasteiger partial charge in [-0.1, -0.05) is 38.1 Å². The summed E-state index contributed by atoms with van der Waals surface area (Å²) in [4.78, 5) is 14.9. The summed E-state index contributed by atoms with van der Waals surface area (Å²) in [6.07, 6.45) is 5.74. The summed E-state index contributed by atoms with van der Waals surface area (Å²) in [5.74, 6) is 2.14. The number of benzene rings is 1. The molecule has 2 fully saturated rings. The van der Waals surface area contributed by atoms with Crippen LogP contribution in [0.5, 0.6) is 0 Å². The van der Waals surface area contributed by atoms with Gasteiger partial charge in [0, 0.05) is 19.5 Å². The number of rotatable bonds is 7. The molecular formula is C23H37N3O. The second-order valence-corrected chi connectivity index (χ2v) is 8.84. The molecule has 4 heteroatoms. The number of likely N-dealkylation sites (tertiary alicyclic amines) is 1. The zero-order valence-electron chi connectivity index (χ0n) is 17.2. The van der Waals surface area contributed by atoms with Gasteiger partial charge in [0.2, 0.25) is 5.91 Å². The van der Waals surface area contributed by atoms with Crippen molar-refractivity contribution in [2.45, 2.75) is 59.0 Å². The Morgan fingerprint density at radius 2 is 2.04 bits per heavy atom. The third-order valence-corrected chi connectivity index (χ3v) is 6.41. The maximum absolute atomic E-state index is 12.4. The Kier molecular flexibility index (Phi) is 7.71. The molecular weight excluding hydrogens is 334 g/mol. The standard InChI is InChI=1S/C23H37N3O/c1-18-8-11-26(12-9-18)17-21-6-3-5-20(14-21)15-25-23(27)13-19(2)22-7-4-10-24-16-22/h3,5-6,14,18-19,22,24H,4,7-13,15-17H2,1-2H3,(H,25,27). The van der Waals surface area contributed by atoms with E-state index in [4.69, 9.17) is 0 Å². The van der Waals surface area contributed by atoms with Crippen molar-refractivity contribution in [3.63, 3.8) is 0 Å². The molecule has 1 aromatic rings. The number of hydrogen-bond acceptors (Lipinski definition) is 3. The molecule has 27 heavy (non-hydrogen) atoms. The Hall–Kier alpha value is -1.39. The van der Waals surface area contributed by atoms with E-state index in [2.05, 4.69) is 53.6 Å². The summed E-state index contributed by atoms with van der Waals surface area (Å²) in [6, 6.07) is 8.71. The van der Waals surface area contributed by atoms with Crippen molar-refractivity contribution in [2.24, 2.45) is 17.8 Å². The quantitative estimate of drug-likeness (QED) is 0.770. The first-order chi connectivity index (χ1) is 13.1. The van der Waals surface area contributed by atoms with Crippen LogP contribution in [0.25, 0.3) is 0 Å². The van der Waals surface area contributed by atoms with E-state index >= 15 is 0 Å². The van der Waals surface area contributed by atoms with Crippen LogP contribution in [0, 0.1) is 17.8 Å². The molecule has 2 unspecified atom stereocenters. The molecule has 2 N–H and O–H groups in total. The Bertz CT molecular complexity index is 589. The van der Waals surface area contributed by atoms with Crippen molar-refractivity contribution in [1.82, 2.24) is 15.5 Å². The van der Waals surface area contributed by atoms with Crippen molar-refractivity contribution >= 4 is 5.91 Å². The Balaban J connectivity index is 1.43. The van der Waals surface area contributed by atoms with Crippen LogP contribution < -0.4 is 10.6 Å². The molecule has 2 atom stereocenters. The molecule has 1 amide bonds. The molecule has 0 spiro atoms. The number of hydrogen-bond donors (Lipinski definition) is 2. The average molecular weight is 372 g/mol. The smallest absolute Gasteiger partial charge is 0.220 e. The Labute approximate surface area is 165 Å². The number of piperidine rings is 2. The van der Waals surface area contributed by atoms with Gasteiger partial charge in [-0.2, -0.15) is 0 Å². The third-order valence-electron chi connectivity index (χ3n) is 6.41. The molecule has 0 radical (unpaired) electrons. The highest BCUT2D eigenvalue weighted by atomic mass is 16.1. The zero-order chi connectivity index (χ0) is 19.1. The van der Waals surface area contributed by atoms with Gasteiger partial charge < -0.3 is 10.6 Å². The number of carbonyl (C=O) groups excluding carboxylic acids is 1. The zero-order valence-corrected chi connectivity index (χ0v) is 17.2. The number of nitrogens with one attached hydrogen (secondary N) is 2. The topological polar surface area (TPSA) is 44.4 Å². The van der Waals surface area contributed by atoms with Gasteiger partial charge in [0.25, 0.3) is 0 Å². The van der Waals surface area contributed by atoms with E-state index in [1.54, 1.807) is 0 Å². The predicted molar refractivity (Wildman–Crippen MR) is 111 cm³/mol. The minimum absolute atomic E-state index is 0.184. The summed E-state index contributed by atoms with van der Waals surface area (Å²) in [6.45, 7) is 10.8.